The molecule has 0 atom stereocenters. The number of amides is 2. The van der Waals surface area contributed by atoms with Gasteiger partial charge in [-0.3, -0.25) is 15.0 Å². The number of thiocarbonyl (C=S) groups is 1. The number of halogens is 2. The molecule has 1 fully saturated rings. The third-order valence-corrected chi connectivity index (χ3v) is 7.63. The molecule has 0 unspecified atom stereocenters. The summed E-state index contributed by atoms with van der Waals surface area (Å²) in [6.45, 7) is 4.76. The number of ether oxygens (including phenoxy) is 2. The van der Waals surface area contributed by atoms with Crippen LogP contribution >= 0.6 is 55.8 Å². The van der Waals surface area contributed by atoms with E-state index in [0.717, 1.165) is 37.9 Å². The molecule has 3 aromatic carbocycles. The number of hydrazine groups is 1. The maximum absolute atomic E-state index is 13.0. The molecule has 0 bridgehead atoms. The van der Waals surface area contributed by atoms with Crippen molar-refractivity contribution in [1.82, 2.24) is 10.4 Å². The van der Waals surface area contributed by atoms with Gasteiger partial charge >= 0.3 is 0 Å². The minimum Gasteiger partial charge on any atom is -0.490 e. The van der Waals surface area contributed by atoms with Crippen molar-refractivity contribution in [2.75, 3.05) is 6.61 Å². The number of hydrogen-bond acceptors (Lipinski definition) is 6. The lowest BCUT2D eigenvalue weighted by atomic mass is 10.1. The fraction of sp³-hybridized carbons (Fsp3) is 0.148. The number of nitrogens with zero attached hydrogens (tertiary/aromatic N) is 1. The first kappa shape index (κ1) is 27.4. The Kier molecular flexibility index (Phi) is 9.07. The van der Waals surface area contributed by atoms with E-state index < -0.39 is 11.8 Å². The lowest BCUT2D eigenvalue weighted by Gasteiger charge is -2.16. The van der Waals surface area contributed by atoms with Crippen LogP contribution in [-0.2, 0) is 11.4 Å². The summed E-state index contributed by atoms with van der Waals surface area (Å²) in [5.74, 6) is 0.292. The van der Waals surface area contributed by atoms with E-state index >= 15 is 0 Å². The number of benzene rings is 3. The van der Waals surface area contributed by atoms with Gasteiger partial charge in [-0.1, -0.05) is 57.5 Å². The number of thioether (sulfide) groups is 1. The normalized spacial score (nSPS) is 14.3. The van der Waals surface area contributed by atoms with Crippen LogP contribution in [0.5, 0.6) is 11.5 Å². The van der Waals surface area contributed by atoms with E-state index in [9.17, 15) is 9.59 Å². The highest BCUT2D eigenvalue weighted by Gasteiger charge is 2.34. The van der Waals surface area contributed by atoms with Gasteiger partial charge in [-0.2, -0.15) is 5.01 Å². The van der Waals surface area contributed by atoms with Gasteiger partial charge < -0.3 is 9.47 Å². The molecule has 0 radical (unpaired) electrons. The molecule has 37 heavy (non-hydrogen) atoms. The van der Waals surface area contributed by atoms with Crippen molar-refractivity contribution in [3.63, 3.8) is 0 Å². The Labute approximate surface area is 241 Å². The van der Waals surface area contributed by atoms with Crippen LogP contribution in [0.15, 0.2) is 74.5 Å². The zero-order valence-corrected chi connectivity index (χ0v) is 24.7. The van der Waals surface area contributed by atoms with E-state index in [2.05, 4.69) is 43.4 Å². The second-order valence-corrected chi connectivity index (χ2v) is 11.5. The summed E-state index contributed by atoms with van der Waals surface area (Å²) in [6, 6.07) is 18.6. The van der Waals surface area contributed by atoms with E-state index in [-0.39, 0.29) is 4.32 Å². The molecule has 2 amide bonds. The molecule has 1 N–H and O–H groups in total. The zero-order chi connectivity index (χ0) is 26.5. The number of rotatable bonds is 8. The van der Waals surface area contributed by atoms with Crippen molar-refractivity contribution >= 4 is 78.1 Å². The van der Waals surface area contributed by atoms with Crippen LogP contribution in [0.25, 0.3) is 6.08 Å². The molecular weight excluding hydrogens is 640 g/mol. The van der Waals surface area contributed by atoms with Crippen LogP contribution in [0.3, 0.4) is 0 Å². The summed E-state index contributed by atoms with van der Waals surface area (Å²) < 4.78 is 13.7. The van der Waals surface area contributed by atoms with Gasteiger partial charge in [0.2, 0.25) is 0 Å². The number of aryl methyl sites for hydroxylation is 1. The first-order valence-corrected chi connectivity index (χ1v) is 14.1. The minimum absolute atomic E-state index is 0.240. The monoisotopic (exact) mass is 660 g/mol. The second kappa shape index (κ2) is 12.3. The molecule has 190 valence electrons. The average molecular weight is 662 g/mol. The Hall–Kier alpha value is -2.66. The SMILES string of the molecule is CCOc1cc(/C=C2/SC(=S)N(NC(=O)c3ccc(Br)cc3)C2=O)cc(Br)c1OCc1cccc(C)c1. The predicted molar refractivity (Wildman–Crippen MR) is 157 cm³/mol. The van der Waals surface area contributed by atoms with Crippen LogP contribution < -0.4 is 14.9 Å². The largest absolute Gasteiger partial charge is 0.490 e. The van der Waals surface area contributed by atoms with E-state index in [0.29, 0.717) is 39.7 Å². The highest BCUT2D eigenvalue weighted by molar-refractivity contribution is 9.10. The molecule has 1 saturated heterocycles. The fourth-order valence-electron chi connectivity index (χ4n) is 3.51. The predicted octanol–water partition coefficient (Wildman–Crippen LogP) is 7.04. The molecule has 1 aliphatic heterocycles. The van der Waals surface area contributed by atoms with Crippen LogP contribution in [0.1, 0.15) is 34.0 Å². The van der Waals surface area contributed by atoms with E-state index in [1.165, 1.54) is 0 Å². The smallest absolute Gasteiger partial charge is 0.285 e. The molecule has 6 nitrogen and oxygen atoms in total. The van der Waals surface area contributed by atoms with Crippen LogP contribution in [0, 0.1) is 6.92 Å². The third-order valence-electron chi connectivity index (χ3n) is 5.21. The van der Waals surface area contributed by atoms with Gasteiger partial charge in [0.05, 0.1) is 16.0 Å². The maximum atomic E-state index is 13.0. The average Bonchev–Trinajstić information content (AvgIpc) is 3.11. The van der Waals surface area contributed by atoms with E-state index in [4.69, 9.17) is 21.7 Å². The molecule has 0 aliphatic carbocycles. The summed E-state index contributed by atoms with van der Waals surface area (Å²) in [7, 11) is 0. The topological polar surface area (TPSA) is 67.9 Å². The number of nitrogens with one attached hydrogen (secondary N) is 1. The molecule has 1 heterocycles. The van der Waals surface area contributed by atoms with Crippen LogP contribution in [0.4, 0.5) is 0 Å². The molecular formula is C27H22Br2N2O4S2. The van der Waals surface area contributed by atoms with Crippen molar-refractivity contribution in [3.05, 3.63) is 96.8 Å². The van der Waals surface area contributed by atoms with Gasteiger partial charge in [0.1, 0.15) is 6.61 Å². The Bertz CT molecular complexity index is 1390. The standard InChI is InChI=1S/C27H22Br2N2O4S2/c1-3-34-22-13-18(12-21(29)24(22)35-15-17-6-4-5-16(2)11-17)14-23-26(33)31(27(36)37-23)30-25(32)19-7-9-20(28)10-8-19/h4-14H,3,15H2,1-2H3,(H,30,32)/b23-14+. The fourth-order valence-corrected chi connectivity index (χ4v) is 5.53. The first-order chi connectivity index (χ1) is 17.7. The second-order valence-electron chi connectivity index (χ2n) is 8.01. The van der Waals surface area contributed by atoms with E-state index in [1.807, 2.05) is 44.2 Å². The summed E-state index contributed by atoms with van der Waals surface area (Å²) in [4.78, 5) is 26.0. The molecule has 0 saturated carbocycles. The minimum atomic E-state index is -0.429. The summed E-state index contributed by atoms with van der Waals surface area (Å²) in [6.07, 6.45) is 1.71. The lowest BCUT2D eigenvalue weighted by Crippen LogP contribution is -2.44. The Morgan fingerprint density at radius 1 is 1.11 bits per heavy atom. The number of carbonyl (C=O) groups excluding carboxylic acids is 2. The van der Waals surface area contributed by atoms with Gasteiger partial charge in [0.15, 0.2) is 15.8 Å². The first-order valence-electron chi connectivity index (χ1n) is 11.2. The summed E-state index contributed by atoms with van der Waals surface area (Å²) in [5, 5.41) is 1.09. The summed E-state index contributed by atoms with van der Waals surface area (Å²) in [5.41, 5.74) is 5.93. The molecule has 0 aromatic heterocycles. The molecule has 3 aromatic rings. The highest BCUT2D eigenvalue weighted by atomic mass is 79.9. The Morgan fingerprint density at radius 2 is 1.86 bits per heavy atom. The van der Waals surface area contributed by atoms with Crippen LogP contribution in [-0.4, -0.2) is 27.8 Å². The molecule has 1 aliphatic rings. The highest BCUT2D eigenvalue weighted by Crippen LogP contribution is 2.39. The lowest BCUT2D eigenvalue weighted by molar-refractivity contribution is -0.123. The number of hydrogen-bond donors (Lipinski definition) is 1. The van der Waals surface area contributed by atoms with Gasteiger partial charge in [0.25, 0.3) is 11.8 Å². The van der Waals surface area contributed by atoms with Gasteiger partial charge in [-0.15, -0.1) is 0 Å². The zero-order valence-electron chi connectivity index (χ0n) is 19.9. The van der Waals surface area contributed by atoms with Crippen molar-refractivity contribution < 1.29 is 19.1 Å². The Morgan fingerprint density at radius 3 is 2.57 bits per heavy atom. The third kappa shape index (κ3) is 6.81. The maximum Gasteiger partial charge on any atom is 0.285 e. The molecule has 0 spiro atoms. The summed E-state index contributed by atoms with van der Waals surface area (Å²) >= 11 is 13.4. The molecule has 4 rings (SSSR count). The number of carbonyl (C=O) groups is 2. The van der Waals surface area contributed by atoms with E-state index in [1.54, 1.807) is 30.3 Å². The van der Waals surface area contributed by atoms with Crippen molar-refractivity contribution in [1.29, 1.82) is 0 Å². The Balaban J connectivity index is 1.53. The van der Waals surface area contributed by atoms with Crippen molar-refractivity contribution in [2.45, 2.75) is 20.5 Å². The van der Waals surface area contributed by atoms with Gasteiger partial charge in [-0.25, -0.2) is 0 Å². The van der Waals surface area contributed by atoms with Gasteiger partial charge in [-0.05, 0) is 95.6 Å². The molecule has 10 heteroatoms. The van der Waals surface area contributed by atoms with Gasteiger partial charge in [0, 0.05) is 10.0 Å². The quantitative estimate of drug-likeness (QED) is 0.206. The van der Waals surface area contributed by atoms with Crippen molar-refractivity contribution in [2.24, 2.45) is 0 Å². The van der Waals surface area contributed by atoms with Crippen molar-refractivity contribution in [3.8, 4) is 11.5 Å². The van der Waals surface area contributed by atoms with Crippen LogP contribution in [0.2, 0.25) is 0 Å².